The molecule has 0 atom stereocenters. The first-order valence-electron chi connectivity index (χ1n) is 11.2. The van der Waals surface area contributed by atoms with Gasteiger partial charge in [-0.25, -0.2) is 15.0 Å². The van der Waals surface area contributed by atoms with E-state index in [2.05, 4.69) is 27.1 Å². The van der Waals surface area contributed by atoms with E-state index < -0.39 is 0 Å². The van der Waals surface area contributed by atoms with Crippen molar-refractivity contribution in [2.75, 3.05) is 34.8 Å². The van der Waals surface area contributed by atoms with Crippen molar-refractivity contribution in [1.29, 1.82) is 0 Å². The summed E-state index contributed by atoms with van der Waals surface area (Å²) in [7, 11) is 0. The van der Waals surface area contributed by atoms with E-state index in [0.717, 1.165) is 55.7 Å². The average molecular weight is 428 g/mol. The molecule has 0 amide bonds. The number of hydrogen-bond acceptors (Lipinski definition) is 8. The molecule has 0 aromatic carbocycles. The van der Waals surface area contributed by atoms with Crippen molar-refractivity contribution in [2.45, 2.75) is 75.6 Å². The maximum absolute atomic E-state index is 5.71. The number of nitrogens with zero attached hydrogens (tertiary/aromatic N) is 5. The quantitative estimate of drug-likeness (QED) is 0.747. The molecule has 1 saturated carbocycles. The van der Waals surface area contributed by atoms with Crippen molar-refractivity contribution in [1.82, 2.24) is 19.9 Å². The summed E-state index contributed by atoms with van der Waals surface area (Å²) in [5.41, 5.74) is 7.74. The lowest BCUT2D eigenvalue weighted by Crippen LogP contribution is -2.42. The highest BCUT2D eigenvalue weighted by molar-refractivity contribution is 7.99. The normalized spacial score (nSPS) is 20.0. The summed E-state index contributed by atoms with van der Waals surface area (Å²) in [5.74, 6) is 4.32. The molecule has 4 heterocycles. The number of nitrogens with one attached hydrogen (secondary N) is 1. The smallest absolute Gasteiger partial charge is 0.227 e. The summed E-state index contributed by atoms with van der Waals surface area (Å²) in [4.78, 5) is 22.3. The summed E-state index contributed by atoms with van der Waals surface area (Å²) in [6, 6.07) is 0. The zero-order chi connectivity index (χ0) is 21.1. The number of aryl methyl sites for hydroxylation is 1. The molecule has 2 fully saturated rings. The van der Waals surface area contributed by atoms with Gasteiger partial charge in [0, 0.05) is 36.7 Å². The molecule has 3 N–H and O–H groups in total. The lowest BCUT2D eigenvalue weighted by atomic mass is 9.78. The Bertz CT molecular complexity index is 859. The van der Waals surface area contributed by atoms with Gasteiger partial charge in [0.1, 0.15) is 11.6 Å². The van der Waals surface area contributed by atoms with Crippen LogP contribution in [0.3, 0.4) is 0 Å². The van der Waals surface area contributed by atoms with E-state index in [1.165, 1.54) is 29.9 Å². The SMILES string of the molecule is CC.CC1(Nc2nc(N3CCC(c4ncc(N)cn4)CC3)nc3c2SCC3)CCC1. The maximum Gasteiger partial charge on any atom is 0.227 e. The van der Waals surface area contributed by atoms with Crippen LogP contribution in [0.4, 0.5) is 17.5 Å². The summed E-state index contributed by atoms with van der Waals surface area (Å²) >= 11 is 1.89. The largest absolute Gasteiger partial charge is 0.396 e. The van der Waals surface area contributed by atoms with Gasteiger partial charge in [-0.3, -0.25) is 0 Å². The fraction of sp³-hybridized carbons (Fsp3) is 0.636. The molecule has 5 rings (SSSR count). The summed E-state index contributed by atoms with van der Waals surface area (Å²) in [6.07, 6.45) is 10.2. The molecule has 0 unspecified atom stereocenters. The Kier molecular flexibility index (Phi) is 6.32. The third-order valence-electron chi connectivity index (χ3n) is 6.22. The molecule has 0 bridgehead atoms. The fourth-order valence-electron chi connectivity index (χ4n) is 4.30. The number of fused-ring (bicyclic) bond motifs is 1. The van der Waals surface area contributed by atoms with Crippen molar-refractivity contribution in [3.63, 3.8) is 0 Å². The average Bonchev–Trinajstić information content (AvgIpc) is 3.24. The maximum atomic E-state index is 5.71. The second kappa shape index (κ2) is 8.96. The third-order valence-corrected chi connectivity index (χ3v) is 7.35. The zero-order valence-electron chi connectivity index (χ0n) is 18.3. The third kappa shape index (κ3) is 4.33. The predicted octanol–water partition coefficient (Wildman–Crippen LogP) is 4.26. The van der Waals surface area contributed by atoms with Crippen LogP contribution in [0.5, 0.6) is 0 Å². The molecule has 162 valence electrons. The van der Waals surface area contributed by atoms with Gasteiger partial charge in [-0.1, -0.05) is 13.8 Å². The van der Waals surface area contributed by atoms with Gasteiger partial charge in [0.15, 0.2) is 0 Å². The number of thioether (sulfide) groups is 1. The lowest BCUT2D eigenvalue weighted by Gasteiger charge is -2.40. The van der Waals surface area contributed by atoms with Gasteiger partial charge in [0.05, 0.1) is 28.7 Å². The Morgan fingerprint density at radius 3 is 2.47 bits per heavy atom. The van der Waals surface area contributed by atoms with Crippen molar-refractivity contribution in [3.05, 3.63) is 23.9 Å². The standard InChI is InChI=1S/C20H27N7S.C2H6/c1-20(6-2-7-20)26-18-16-15(5-10-28-16)24-19(25-18)27-8-3-13(4-9-27)17-22-11-14(21)12-23-17;1-2/h11-13H,2-10,21H2,1H3,(H,24,25,26);1-2H3. The molecule has 8 heteroatoms. The number of anilines is 3. The molecule has 0 spiro atoms. The predicted molar refractivity (Wildman–Crippen MR) is 124 cm³/mol. The second-order valence-corrected chi connectivity index (χ2v) is 9.53. The van der Waals surface area contributed by atoms with Gasteiger partial charge in [0.2, 0.25) is 5.95 Å². The first-order valence-corrected chi connectivity index (χ1v) is 12.2. The first-order chi connectivity index (χ1) is 14.6. The van der Waals surface area contributed by atoms with E-state index in [1.54, 1.807) is 12.4 Å². The number of aromatic nitrogens is 4. The lowest BCUT2D eigenvalue weighted by molar-refractivity contribution is 0.305. The molecule has 7 nitrogen and oxygen atoms in total. The van der Waals surface area contributed by atoms with E-state index in [4.69, 9.17) is 15.7 Å². The van der Waals surface area contributed by atoms with Gasteiger partial charge < -0.3 is 16.0 Å². The Morgan fingerprint density at radius 1 is 1.13 bits per heavy atom. The van der Waals surface area contributed by atoms with Crippen molar-refractivity contribution in [3.8, 4) is 0 Å². The molecule has 2 aliphatic heterocycles. The minimum Gasteiger partial charge on any atom is -0.396 e. The van der Waals surface area contributed by atoms with Crippen LogP contribution in [0.2, 0.25) is 0 Å². The molecule has 30 heavy (non-hydrogen) atoms. The number of nitrogen functional groups attached to an aromatic ring is 1. The topological polar surface area (TPSA) is 92.9 Å². The minimum atomic E-state index is 0.196. The molecule has 1 aliphatic carbocycles. The van der Waals surface area contributed by atoms with Gasteiger partial charge in [-0.2, -0.15) is 4.98 Å². The van der Waals surface area contributed by atoms with E-state index in [-0.39, 0.29) is 5.54 Å². The monoisotopic (exact) mass is 427 g/mol. The first kappa shape index (κ1) is 21.2. The molecule has 1 saturated heterocycles. The minimum absolute atomic E-state index is 0.196. The highest BCUT2D eigenvalue weighted by Gasteiger charge is 2.34. The number of rotatable bonds is 4. The summed E-state index contributed by atoms with van der Waals surface area (Å²) in [6.45, 7) is 8.17. The Morgan fingerprint density at radius 2 is 1.83 bits per heavy atom. The molecule has 2 aromatic heterocycles. The summed E-state index contributed by atoms with van der Waals surface area (Å²) < 4.78 is 0. The van der Waals surface area contributed by atoms with E-state index in [9.17, 15) is 0 Å². The molecule has 0 radical (unpaired) electrons. The number of piperidine rings is 1. The van der Waals surface area contributed by atoms with Crippen LogP contribution in [0.25, 0.3) is 0 Å². The Hall–Kier alpha value is -2.09. The molecular formula is C22H33N7S. The van der Waals surface area contributed by atoms with Crippen molar-refractivity contribution in [2.24, 2.45) is 0 Å². The Balaban J connectivity index is 0.00000106. The summed E-state index contributed by atoms with van der Waals surface area (Å²) in [5, 5.41) is 3.74. The van der Waals surface area contributed by atoms with Crippen LogP contribution >= 0.6 is 11.8 Å². The van der Waals surface area contributed by atoms with Crippen LogP contribution in [0.1, 0.15) is 70.3 Å². The van der Waals surface area contributed by atoms with Crippen molar-refractivity contribution < 1.29 is 0 Å². The fourth-order valence-corrected chi connectivity index (χ4v) is 5.34. The van der Waals surface area contributed by atoms with E-state index >= 15 is 0 Å². The van der Waals surface area contributed by atoms with Gasteiger partial charge >= 0.3 is 0 Å². The highest BCUT2D eigenvalue weighted by atomic mass is 32.2. The molecule has 2 aromatic rings. The van der Waals surface area contributed by atoms with Crippen molar-refractivity contribution >= 4 is 29.2 Å². The van der Waals surface area contributed by atoms with Crippen LogP contribution in [-0.2, 0) is 6.42 Å². The van der Waals surface area contributed by atoms with Gasteiger partial charge in [-0.05, 0) is 39.0 Å². The number of nitrogens with two attached hydrogens (primary N) is 1. The van der Waals surface area contributed by atoms with E-state index in [1.807, 2.05) is 25.6 Å². The molecule has 3 aliphatic rings. The Labute approximate surface area is 183 Å². The zero-order valence-corrected chi connectivity index (χ0v) is 19.1. The van der Waals surface area contributed by atoms with Crippen LogP contribution in [0, 0.1) is 0 Å². The molecular weight excluding hydrogens is 394 g/mol. The van der Waals surface area contributed by atoms with Gasteiger partial charge in [0.25, 0.3) is 0 Å². The van der Waals surface area contributed by atoms with Crippen LogP contribution < -0.4 is 16.0 Å². The van der Waals surface area contributed by atoms with Crippen LogP contribution in [-0.4, -0.2) is 44.3 Å². The second-order valence-electron chi connectivity index (χ2n) is 8.42. The van der Waals surface area contributed by atoms with Crippen LogP contribution in [0.15, 0.2) is 17.3 Å². The number of hydrogen-bond donors (Lipinski definition) is 2. The van der Waals surface area contributed by atoms with E-state index in [0.29, 0.717) is 11.6 Å². The highest BCUT2D eigenvalue weighted by Crippen LogP contribution is 2.41. The van der Waals surface area contributed by atoms with Gasteiger partial charge in [-0.15, -0.1) is 11.8 Å².